The van der Waals surface area contributed by atoms with E-state index in [1.165, 1.54) is 22.3 Å². The number of benzene rings is 3. The fourth-order valence-electron chi connectivity index (χ4n) is 6.48. The van der Waals surface area contributed by atoms with Gasteiger partial charge < -0.3 is 0 Å². The van der Waals surface area contributed by atoms with Crippen molar-refractivity contribution in [2.24, 2.45) is 23.7 Å². The maximum Gasteiger partial charge on any atom is 0.0682 e. The Morgan fingerprint density at radius 1 is 0.552 bits per heavy atom. The molecule has 0 aliphatic heterocycles. The van der Waals surface area contributed by atoms with Gasteiger partial charge in [-0.25, -0.2) is 0 Å². The second kappa shape index (κ2) is 5.48. The van der Waals surface area contributed by atoms with Gasteiger partial charge in [-0.2, -0.15) is 0 Å². The number of hydrogen-bond donors (Lipinski definition) is 0. The molecule has 2 atom stereocenters. The van der Waals surface area contributed by atoms with Gasteiger partial charge >= 0.3 is 0 Å². The summed E-state index contributed by atoms with van der Waals surface area (Å²) >= 11 is 0. The zero-order chi connectivity index (χ0) is 19.0. The van der Waals surface area contributed by atoms with Gasteiger partial charge in [0, 0.05) is 5.92 Å². The minimum atomic E-state index is -0.222. The van der Waals surface area contributed by atoms with E-state index in [1.807, 2.05) is 0 Å². The molecule has 4 bridgehead atoms. The van der Waals surface area contributed by atoms with E-state index in [0.29, 0.717) is 23.7 Å². The van der Waals surface area contributed by atoms with Crippen LogP contribution >= 0.6 is 0 Å². The SMILES string of the molecule is C1=CC2C3C=CC1C1=C(c4ccccc4C1(c1ccccc1)c1ccccc1)C23. The lowest BCUT2D eigenvalue weighted by atomic mass is 9.64. The summed E-state index contributed by atoms with van der Waals surface area (Å²) in [6.07, 6.45) is 9.97. The van der Waals surface area contributed by atoms with Gasteiger partial charge in [0.05, 0.1) is 5.41 Å². The smallest absolute Gasteiger partial charge is 0.0682 e. The first-order valence-corrected chi connectivity index (χ1v) is 10.7. The predicted octanol–water partition coefficient (Wildman–Crippen LogP) is 6.41. The summed E-state index contributed by atoms with van der Waals surface area (Å²) in [4.78, 5) is 0. The second-order valence-corrected chi connectivity index (χ2v) is 8.83. The van der Waals surface area contributed by atoms with Crippen LogP contribution in [0.3, 0.4) is 0 Å². The van der Waals surface area contributed by atoms with Gasteiger partial charge in [-0.1, -0.05) is 109 Å². The minimum Gasteiger partial charge on any atom is -0.0833 e. The molecule has 5 aliphatic carbocycles. The summed E-state index contributed by atoms with van der Waals surface area (Å²) in [5, 5.41) is 0. The first-order valence-electron chi connectivity index (χ1n) is 10.7. The van der Waals surface area contributed by atoms with Crippen molar-refractivity contribution in [3.8, 4) is 0 Å². The van der Waals surface area contributed by atoms with Gasteiger partial charge in [0.1, 0.15) is 0 Å². The predicted molar refractivity (Wildman–Crippen MR) is 118 cm³/mol. The van der Waals surface area contributed by atoms with Gasteiger partial charge in [-0.3, -0.25) is 0 Å². The lowest BCUT2D eigenvalue weighted by Crippen LogP contribution is -2.32. The molecule has 29 heavy (non-hydrogen) atoms. The quantitative estimate of drug-likeness (QED) is 0.458. The van der Waals surface area contributed by atoms with Crippen LogP contribution in [-0.2, 0) is 5.41 Å². The fraction of sp³-hybridized carbons (Fsp3) is 0.172. The first kappa shape index (κ1) is 15.8. The molecule has 0 nitrogen and oxygen atoms in total. The van der Waals surface area contributed by atoms with Crippen molar-refractivity contribution in [2.75, 3.05) is 0 Å². The van der Waals surface area contributed by atoms with Gasteiger partial charge in [0.2, 0.25) is 0 Å². The molecule has 0 amide bonds. The highest BCUT2D eigenvalue weighted by Crippen LogP contribution is 2.68. The van der Waals surface area contributed by atoms with Crippen molar-refractivity contribution < 1.29 is 0 Å². The van der Waals surface area contributed by atoms with Crippen molar-refractivity contribution in [2.45, 2.75) is 5.41 Å². The highest BCUT2D eigenvalue weighted by molar-refractivity contribution is 5.90. The first-order chi connectivity index (χ1) is 14.4. The van der Waals surface area contributed by atoms with Crippen molar-refractivity contribution in [1.29, 1.82) is 0 Å². The zero-order valence-corrected chi connectivity index (χ0v) is 16.2. The Hall–Kier alpha value is -3.12. The topological polar surface area (TPSA) is 0 Å². The summed E-state index contributed by atoms with van der Waals surface area (Å²) in [6.45, 7) is 0. The third kappa shape index (κ3) is 1.85. The van der Waals surface area contributed by atoms with Crippen LogP contribution in [0.4, 0.5) is 0 Å². The van der Waals surface area contributed by atoms with E-state index in [-0.39, 0.29) is 5.41 Å². The lowest BCUT2D eigenvalue weighted by molar-refractivity contribution is 0.683. The maximum absolute atomic E-state index is 2.50. The van der Waals surface area contributed by atoms with Gasteiger partial charge in [0.15, 0.2) is 0 Å². The van der Waals surface area contributed by atoms with Gasteiger partial charge in [-0.05, 0) is 51.2 Å². The third-order valence-electron chi connectivity index (χ3n) is 7.61. The van der Waals surface area contributed by atoms with Crippen molar-refractivity contribution >= 4 is 5.57 Å². The summed E-state index contributed by atoms with van der Waals surface area (Å²) in [5.74, 6) is 2.36. The Kier molecular flexibility index (Phi) is 2.98. The van der Waals surface area contributed by atoms with Crippen LogP contribution in [0.2, 0.25) is 0 Å². The van der Waals surface area contributed by atoms with Gasteiger partial charge in [-0.15, -0.1) is 0 Å². The number of hydrogen-bond acceptors (Lipinski definition) is 0. The minimum absolute atomic E-state index is 0.222. The molecule has 1 saturated carbocycles. The molecule has 0 aromatic heterocycles. The van der Waals surface area contributed by atoms with E-state index in [9.17, 15) is 0 Å². The molecule has 2 unspecified atom stereocenters. The third-order valence-corrected chi connectivity index (χ3v) is 7.61. The Bertz CT molecular complexity index is 1150. The normalized spacial score (nSPS) is 29.2. The molecule has 8 rings (SSSR count). The molecule has 3 aromatic rings. The summed E-state index contributed by atoms with van der Waals surface area (Å²) < 4.78 is 0. The Balaban J connectivity index is 1.66. The van der Waals surface area contributed by atoms with Crippen LogP contribution in [0.5, 0.6) is 0 Å². The summed E-state index contributed by atoms with van der Waals surface area (Å²) in [6, 6.07) is 31.6. The Morgan fingerprint density at radius 2 is 1.10 bits per heavy atom. The largest absolute Gasteiger partial charge is 0.0833 e. The number of rotatable bonds is 2. The molecular weight excluding hydrogens is 348 g/mol. The van der Waals surface area contributed by atoms with Crippen LogP contribution in [0.1, 0.15) is 22.3 Å². The van der Waals surface area contributed by atoms with Crippen molar-refractivity contribution in [3.05, 3.63) is 137 Å². The molecule has 0 spiro atoms. The summed E-state index contributed by atoms with van der Waals surface area (Å²) in [7, 11) is 0. The second-order valence-electron chi connectivity index (χ2n) is 8.83. The van der Waals surface area contributed by atoms with E-state index in [2.05, 4.69) is 109 Å². The standard InChI is InChI=1S/C29H22/c1-3-9-20(10-4-1)29(21-11-5-2-6-12-21)25-14-8-7-13-24(25)27-26-22-17-15-19(28(27)29)16-18-23(22)26/h1-19,22-23,26H. The van der Waals surface area contributed by atoms with Crippen LogP contribution < -0.4 is 0 Å². The zero-order valence-electron chi connectivity index (χ0n) is 16.2. The monoisotopic (exact) mass is 370 g/mol. The fourth-order valence-corrected chi connectivity index (χ4v) is 6.48. The van der Waals surface area contributed by atoms with Gasteiger partial charge in [0.25, 0.3) is 0 Å². The molecule has 0 radical (unpaired) electrons. The molecule has 0 saturated heterocycles. The highest BCUT2D eigenvalue weighted by atomic mass is 14.6. The molecule has 0 N–H and O–H groups in total. The Labute approximate surface area is 171 Å². The number of allylic oxidation sites excluding steroid dienone is 6. The molecule has 1 fully saturated rings. The number of fused-ring (bicyclic) bond motifs is 1. The van der Waals surface area contributed by atoms with Crippen molar-refractivity contribution in [1.82, 2.24) is 0 Å². The maximum atomic E-state index is 2.50. The average molecular weight is 370 g/mol. The molecule has 5 aliphatic rings. The molecule has 138 valence electrons. The van der Waals surface area contributed by atoms with E-state index in [0.717, 1.165) is 0 Å². The summed E-state index contributed by atoms with van der Waals surface area (Å²) in [5.41, 5.74) is 8.70. The molecule has 0 heterocycles. The lowest BCUT2D eigenvalue weighted by Gasteiger charge is -2.38. The molecule has 0 heteroatoms. The average Bonchev–Trinajstić information content (AvgIpc) is 3.50. The van der Waals surface area contributed by atoms with Crippen LogP contribution in [-0.4, -0.2) is 0 Å². The van der Waals surface area contributed by atoms with E-state index in [1.54, 1.807) is 11.1 Å². The van der Waals surface area contributed by atoms with E-state index in [4.69, 9.17) is 0 Å². The molecular formula is C29H22. The van der Waals surface area contributed by atoms with Crippen LogP contribution in [0, 0.1) is 23.7 Å². The van der Waals surface area contributed by atoms with E-state index >= 15 is 0 Å². The van der Waals surface area contributed by atoms with E-state index < -0.39 is 0 Å². The Morgan fingerprint density at radius 3 is 1.72 bits per heavy atom. The van der Waals surface area contributed by atoms with Crippen LogP contribution in [0.25, 0.3) is 5.57 Å². The molecule has 3 aromatic carbocycles. The van der Waals surface area contributed by atoms with Crippen LogP contribution in [0.15, 0.2) is 115 Å². The van der Waals surface area contributed by atoms with Crippen molar-refractivity contribution in [3.63, 3.8) is 0 Å². The highest BCUT2D eigenvalue weighted by Gasteiger charge is 2.59.